The van der Waals surface area contributed by atoms with Crippen molar-refractivity contribution in [3.05, 3.63) is 64.1 Å². The van der Waals surface area contributed by atoms with E-state index in [4.69, 9.17) is 4.42 Å². The summed E-state index contributed by atoms with van der Waals surface area (Å²) in [4.78, 5) is 22.2. The molecule has 0 bridgehead atoms. The van der Waals surface area contributed by atoms with Crippen LogP contribution in [0.5, 0.6) is 0 Å². The first-order chi connectivity index (χ1) is 9.45. The number of hydrogen-bond acceptors (Lipinski definition) is 4. The molecule has 20 heavy (non-hydrogen) atoms. The highest BCUT2D eigenvalue weighted by Gasteiger charge is 2.41. The zero-order valence-corrected chi connectivity index (χ0v) is 10.8. The standard InChI is InChI=1S/C14H13NO5/c1-14(13(16)17,9-10-5-4-8-20-10)11-6-2-3-7-12(11)15(18)19/h2-8H,9H2,1H3,(H,16,17). The number of furan rings is 1. The van der Waals surface area contributed by atoms with E-state index in [-0.39, 0.29) is 17.7 Å². The third-order valence-corrected chi connectivity index (χ3v) is 3.28. The third kappa shape index (κ3) is 2.40. The number of para-hydroxylation sites is 1. The maximum Gasteiger partial charge on any atom is 0.314 e. The van der Waals surface area contributed by atoms with Gasteiger partial charge in [0.25, 0.3) is 5.69 Å². The minimum Gasteiger partial charge on any atom is -0.481 e. The average molecular weight is 275 g/mol. The summed E-state index contributed by atoms with van der Waals surface area (Å²) in [6.07, 6.45) is 1.48. The Kier molecular flexibility index (Phi) is 3.56. The Bertz CT molecular complexity index is 635. The molecular formula is C14H13NO5. The molecule has 1 unspecified atom stereocenters. The topological polar surface area (TPSA) is 93.6 Å². The second kappa shape index (κ2) is 5.16. The van der Waals surface area contributed by atoms with Crippen molar-refractivity contribution in [2.24, 2.45) is 0 Å². The van der Waals surface area contributed by atoms with Crippen LogP contribution in [0.15, 0.2) is 47.1 Å². The molecule has 0 aliphatic heterocycles. The van der Waals surface area contributed by atoms with Crippen LogP contribution in [0, 0.1) is 10.1 Å². The number of nitro groups is 1. The molecule has 1 atom stereocenters. The van der Waals surface area contributed by atoms with Gasteiger partial charge in [0.05, 0.1) is 11.2 Å². The van der Waals surface area contributed by atoms with Gasteiger partial charge in [0.1, 0.15) is 11.2 Å². The number of hydrogen-bond donors (Lipinski definition) is 1. The van der Waals surface area contributed by atoms with Gasteiger partial charge in [-0.15, -0.1) is 0 Å². The van der Waals surface area contributed by atoms with Crippen LogP contribution in [0.2, 0.25) is 0 Å². The fraction of sp³-hybridized carbons (Fsp3) is 0.214. The first kappa shape index (κ1) is 13.8. The van der Waals surface area contributed by atoms with Crippen molar-refractivity contribution in [2.45, 2.75) is 18.8 Å². The SMILES string of the molecule is CC(Cc1ccco1)(C(=O)O)c1ccccc1[N+](=O)[O-]. The number of carboxylic acids is 1. The highest BCUT2D eigenvalue weighted by molar-refractivity contribution is 5.83. The molecule has 6 nitrogen and oxygen atoms in total. The van der Waals surface area contributed by atoms with Gasteiger partial charge in [-0.1, -0.05) is 18.2 Å². The summed E-state index contributed by atoms with van der Waals surface area (Å²) in [5, 5.41) is 20.6. The number of carbonyl (C=O) groups is 1. The Morgan fingerprint density at radius 1 is 1.35 bits per heavy atom. The molecule has 1 aromatic heterocycles. The van der Waals surface area contributed by atoms with E-state index in [9.17, 15) is 20.0 Å². The van der Waals surface area contributed by atoms with Gasteiger partial charge in [0.15, 0.2) is 0 Å². The van der Waals surface area contributed by atoms with E-state index >= 15 is 0 Å². The predicted molar refractivity (Wildman–Crippen MR) is 70.5 cm³/mol. The number of benzene rings is 1. The normalized spacial score (nSPS) is 13.7. The van der Waals surface area contributed by atoms with E-state index in [2.05, 4.69) is 0 Å². The van der Waals surface area contributed by atoms with E-state index in [1.54, 1.807) is 18.2 Å². The zero-order chi connectivity index (χ0) is 14.8. The monoisotopic (exact) mass is 275 g/mol. The largest absolute Gasteiger partial charge is 0.481 e. The molecule has 0 aliphatic rings. The summed E-state index contributed by atoms with van der Waals surface area (Å²) in [5.74, 6) is -0.670. The van der Waals surface area contributed by atoms with Crippen molar-refractivity contribution < 1.29 is 19.2 Å². The maximum absolute atomic E-state index is 11.7. The van der Waals surface area contributed by atoms with Crippen molar-refractivity contribution in [1.82, 2.24) is 0 Å². The quantitative estimate of drug-likeness (QED) is 0.668. The molecule has 1 heterocycles. The summed E-state index contributed by atoms with van der Waals surface area (Å²) in [6, 6.07) is 9.17. The maximum atomic E-state index is 11.7. The van der Waals surface area contributed by atoms with Gasteiger partial charge in [-0.3, -0.25) is 14.9 Å². The summed E-state index contributed by atoms with van der Waals surface area (Å²) in [7, 11) is 0. The van der Waals surface area contributed by atoms with E-state index < -0.39 is 16.3 Å². The van der Waals surface area contributed by atoms with Crippen LogP contribution in [-0.4, -0.2) is 16.0 Å². The number of aliphatic carboxylic acids is 1. The third-order valence-electron chi connectivity index (χ3n) is 3.28. The van der Waals surface area contributed by atoms with E-state index in [0.717, 1.165) is 0 Å². The molecule has 0 aliphatic carbocycles. The van der Waals surface area contributed by atoms with Crippen LogP contribution < -0.4 is 0 Å². The highest BCUT2D eigenvalue weighted by Crippen LogP contribution is 2.35. The Hall–Kier alpha value is -2.63. The van der Waals surface area contributed by atoms with E-state index in [1.807, 2.05) is 0 Å². The lowest BCUT2D eigenvalue weighted by atomic mass is 9.78. The summed E-state index contributed by atoms with van der Waals surface area (Å²) in [6.45, 7) is 1.46. The molecule has 0 radical (unpaired) electrons. The van der Waals surface area contributed by atoms with Gasteiger partial charge in [-0.2, -0.15) is 0 Å². The van der Waals surface area contributed by atoms with Crippen LogP contribution in [0.1, 0.15) is 18.2 Å². The van der Waals surface area contributed by atoms with Crippen LogP contribution in [0.25, 0.3) is 0 Å². The summed E-state index contributed by atoms with van der Waals surface area (Å²) < 4.78 is 5.17. The second-order valence-corrected chi connectivity index (χ2v) is 4.67. The van der Waals surface area contributed by atoms with Crippen molar-refractivity contribution in [3.8, 4) is 0 Å². The molecule has 6 heteroatoms. The molecule has 1 aromatic carbocycles. The van der Waals surface area contributed by atoms with Crippen LogP contribution in [0.4, 0.5) is 5.69 Å². The molecule has 0 saturated heterocycles. The highest BCUT2D eigenvalue weighted by atomic mass is 16.6. The zero-order valence-electron chi connectivity index (χ0n) is 10.8. The number of nitro benzene ring substituents is 1. The number of carboxylic acid groups (broad SMARTS) is 1. The van der Waals surface area contributed by atoms with Crippen molar-refractivity contribution >= 4 is 11.7 Å². The van der Waals surface area contributed by atoms with Gasteiger partial charge >= 0.3 is 5.97 Å². The molecule has 2 aromatic rings. The summed E-state index contributed by atoms with van der Waals surface area (Å²) >= 11 is 0. The molecular weight excluding hydrogens is 262 g/mol. The Labute approximate surface area is 114 Å². The Morgan fingerprint density at radius 3 is 2.60 bits per heavy atom. The lowest BCUT2D eigenvalue weighted by molar-refractivity contribution is -0.386. The average Bonchev–Trinajstić information content (AvgIpc) is 2.91. The molecule has 0 saturated carbocycles. The smallest absolute Gasteiger partial charge is 0.314 e. The van der Waals surface area contributed by atoms with Crippen LogP contribution in [0.3, 0.4) is 0 Å². The van der Waals surface area contributed by atoms with Gasteiger partial charge in [0.2, 0.25) is 0 Å². The fourth-order valence-electron chi connectivity index (χ4n) is 2.15. The van der Waals surface area contributed by atoms with Crippen molar-refractivity contribution in [1.29, 1.82) is 0 Å². The van der Waals surface area contributed by atoms with Crippen LogP contribution >= 0.6 is 0 Å². The number of nitrogens with zero attached hydrogens (tertiary/aromatic N) is 1. The second-order valence-electron chi connectivity index (χ2n) is 4.67. The molecule has 0 fully saturated rings. The Morgan fingerprint density at radius 2 is 2.05 bits per heavy atom. The molecule has 2 rings (SSSR count). The lowest BCUT2D eigenvalue weighted by Crippen LogP contribution is -2.35. The Balaban J connectivity index is 2.53. The van der Waals surface area contributed by atoms with E-state index in [0.29, 0.717) is 5.76 Å². The van der Waals surface area contributed by atoms with Gasteiger partial charge < -0.3 is 9.52 Å². The minimum absolute atomic E-state index is 0.0419. The van der Waals surface area contributed by atoms with Crippen molar-refractivity contribution in [2.75, 3.05) is 0 Å². The minimum atomic E-state index is -1.43. The first-order valence-electron chi connectivity index (χ1n) is 5.95. The van der Waals surface area contributed by atoms with E-state index in [1.165, 1.54) is 31.4 Å². The summed E-state index contributed by atoms with van der Waals surface area (Å²) in [5.41, 5.74) is -1.47. The number of rotatable bonds is 5. The van der Waals surface area contributed by atoms with Gasteiger partial charge in [-0.05, 0) is 19.1 Å². The molecule has 104 valence electrons. The van der Waals surface area contributed by atoms with Crippen LogP contribution in [-0.2, 0) is 16.6 Å². The first-order valence-corrected chi connectivity index (χ1v) is 5.95. The molecule has 1 N–H and O–H groups in total. The predicted octanol–water partition coefficient (Wildman–Crippen LogP) is 2.77. The lowest BCUT2D eigenvalue weighted by Gasteiger charge is -2.23. The fourth-order valence-corrected chi connectivity index (χ4v) is 2.15. The molecule has 0 spiro atoms. The van der Waals surface area contributed by atoms with Gasteiger partial charge in [-0.25, -0.2) is 0 Å². The van der Waals surface area contributed by atoms with Crippen molar-refractivity contribution in [3.63, 3.8) is 0 Å². The molecule has 0 amide bonds. The van der Waals surface area contributed by atoms with Gasteiger partial charge in [0, 0.05) is 18.1 Å².